The van der Waals surface area contributed by atoms with Gasteiger partial charge in [0.25, 0.3) is 0 Å². The Kier molecular flexibility index (Phi) is 4.12. The molecule has 0 aliphatic heterocycles. The number of nitrogens with two attached hydrogens (primary N) is 1. The molecule has 2 rings (SSSR count). The summed E-state index contributed by atoms with van der Waals surface area (Å²) in [5.74, 6) is 0. The molecule has 0 aliphatic rings. The van der Waals surface area contributed by atoms with Gasteiger partial charge in [0.2, 0.25) is 10.0 Å². The Bertz CT molecular complexity index is 589. The summed E-state index contributed by atoms with van der Waals surface area (Å²) in [5, 5.41) is 5.72. The smallest absolute Gasteiger partial charge is 0.241 e. The van der Waals surface area contributed by atoms with Crippen LogP contribution in [0.5, 0.6) is 0 Å². The van der Waals surface area contributed by atoms with Crippen molar-refractivity contribution in [2.45, 2.75) is 18.0 Å². The normalized spacial score (nSPS) is 11.8. The van der Waals surface area contributed by atoms with Gasteiger partial charge in [0.15, 0.2) is 0 Å². The lowest BCUT2D eigenvalue weighted by atomic mass is 10.5. The van der Waals surface area contributed by atoms with Gasteiger partial charge in [0, 0.05) is 30.4 Å². The lowest BCUT2D eigenvalue weighted by Gasteiger charge is -2.07. The Morgan fingerprint density at radius 2 is 2.33 bits per heavy atom. The molecule has 18 heavy (non-hydrogen) atoms. The van der Waals surface area contributed by atoms with Crippen molar-refractivity contribution in [3.05, 3.63) is 34.8 Å². The quantitative estimate of drug-likeness (QED) is 0.803. The van der Waals surface area contributed by atoms with Gasteiger partial charge in [0.1, 0.15) is 0 Å². The van der Waals surface area contributed by atoms with Crippen LogP contribution in [0.3, 0.4) is 0 Å². The number of sulfonamides is 1. The first kappa shape index (κ1) is 13.2. The fraction of sp³-hybridized carbons (Fsp3) is 0.300. The molecular formula is C10H14N4O2S2. The van der Waals surface area contributed by atoms with Gasteiger partial charge in [-0.05, 0) is 17.5 Å². The highest BCUT2D eigenvalue weighted by atomic mass is 32.2. The molecular weight excluding hydrogens is 272 g/mol. The first-order valence-corrected chi connectivity index (χ1v) is 7.73. The van der Waals surface area contributed by atoms with E-state index in [0.717, 1.165) is 0 Å². The van der Waals surface area contributed by atoms with E-state index in [1.807, 2.05) is 0 Å². The summed E-state index contributed by atoms with van der Waals surface area (Å²) in [6, 6.07) is 3.36. The number of nitrogens with zero attached hydrogens (tertiary/aromatic N) is 2. The maximum atomic E-state index is 12.0. The standard InChI is InChI=1S/C10H14N4O2S2/c11-8-9-10(2-7-17-9)18(15,16)13-4-6-14-5-1-3-12-14/h1-3,5,7,13H,4,6,8,11H2. The SMILES string of the molecule is NCc1sccc1S(=O)(=O)NCCn1cccn1. The van der Waals surface area contributed by atoms with Crippen LogP contribution in [0, 0.1) is 0 Å². The number of nitrogens with one attached hydrogen (secondary N) is 1. The van der Waals surface area contributed by atoms with Gasteiger partial charge in [-0.15, -0.1) is 11.3 Å². The highest BCUT2D eigenvalue weighted by Gasteiger charge is 2.18. The molecule has 0 aliphatic carbocycles. The number of hydrogen-bond acceptors (Lipinski definition) is 5. The third kappa shape index (κ3) is 2.96. The maximum Gasteiger partial charge on any atom is 0.241 e. The van der Waals surface area contributed by atoms with E-state index < -0.39 is 10.0 Å². The summed E-state index contributed by atoms with van der Waals surface area (Å²) in [6.45, 7) is 1.02. The molecule has 0 bridgehead atoms. The minimum atomic E-state index is -3.47. The molecule has 2 aromatic heterocycles. The van der Waals surface area contributed by atoms with E-state index in [1.165, 1.54) is 11.3 Å². The number of rotatable bonds is 6. The van der Waals surface area contributed by atoms with Crippen LogP contribution < -0.4 is 10.5 Å². The van der Waals surface area contributed by atoms with Gasteiger partial charge < -0.3 is 5.73 Å². The zero-order valence-electron chi connectivity index (χ0n) is 9.61. The third-order valence-corrected chi connectivity index (χ3v) is 4.99. The molecule has 0 radical (unpaired) electrons. The molecule has 0 spiro atoms. The van der Waals surface area contributed by atoms with Crippen molar-refractivity contribution in [2.24, 2.45) is 5.73 Å². The number of hydrogen-bond donors (Lipinski definition) is 2. The zero-order chi connectivity index (χ0) is 13.0. The largest absolute Gasteiger partial charge is 0.326 e. The topological polar surface area (TPSA) is 90.0 Å². The Labute approximate surface area is 109 Å². The molecule has 0 unspecified atom stereocenters. The Balaban J connectivity index is 1.99. The van der Waals surface area contributed by atoms with E-state index in [-0.39, 0.29) is 11.4 Å². The lowest BCUT2D eigenvalue weighted by molar-refractivity contribution is 0.560. The monoisotopic (exact) mass is 286 g/mol. The third-order valence-electron chi connectivity index (χ3n) is 2.37. The van der Waals surface area contributed by atoms with E-state index in [9.17, 15) is 8.42 Å². The predicted octanol–water partition coefficient (Wildman–Crippen LogP) is 0.382. The molecule has 0 amide bonds. The van der Waals surface area contributed by atoms with E-state index in [2.05, 4.69) is 9.82 Å². The summed E-state index contributed by atoms with van der Waals surface area (Å²) >= 11 is 1.35. The van der Waals surface area contributed by atoms with Crippen LogP contribution in [0.1, 0.15) is 4.88 Å². The van der Waals surface area contributed by atoms with Gasteiger partial charge in [-0.1, -0.05) is 0 Å². The van der Waals surface area contributed by atoms with Crippen LogP contribution in [0.25, 0.3) is 0 Å². The second-order valence-corrected chi connectivity index (χ2v) is 6.32. The van der Waals surface area contributed by atoms with Crippen molar-refractivity contribution in [1.29, 1.82) is 0 Å². The number of thiophene rings is 1. The fourth-order valence-corrected chi connectivity index (χ4v) is 3.88. The molecule has 2 aromatic rings. The average Bonchev–Trinajstić information content (AvgIpc) is 2.99. The maximum absolute atomic E-state index is 12.0. The molecule has 6 nitrogen and oxygen atoms in total. The van der Waals surface area contributed by atoms with Crippen molar-refractivity contribution >= 4 is 21.4 Å². The van der Waals surface area contributed by atoms with Gasteiger partial charge in [-0.25, -0.2) is 13.1 Å². The van der Waals surface area contributed by atoms with Crippen molar-refractivity contribution in [2.75, 3.05) is 6.54 Å². The summed E-state index contributed by atoms with van der Waals surface area (Å²) in [7, 11) is -3.47. The molecule has 0 saturated heterocycles. The summed E-state index contributed by atoms with van der Waals surface area (Å²) in [6.07, 6.45) is 3.43. The zero-order valence-corrected chi connectivity index (χ0v) is 11.2. The van der Waals surface area contributed by atoms with Crippen molar-refractivity contribution < 1.29 is 8.42 Å². The molecule has 3 N–H and O–H groups in total. The van der Waals surface area contributed by atoms with E-state index in [1.54, 1.807) is 34.6 Å². The molecule has 0 atom stereocenters. The van der Waals surface area contributed by atoms with Crippen molar-refractivity contribution in [1.82, 2.24) is 14.5 Å². The van der Waals surface area contributed by atoms with E-state index in [4.69, 9.17) is 5.73 Å². The van der Waals surface area contributed by atoms with Crippen LogP contribution in [-0.2, 0) is 23.1 Å². The highest BCUT2D eigenvalue weighted by molar-refractivity contribution is 7.89. The Hall–Kier alpha value is -1.22. The molecule has 0 aromatic carbocycles. The Morgan fingerprint density at radius 3 is 3.00 bits per heavy atom. The van der Waals surface area contributed by atoms with Gasteiger partial charge >= 0.3 is 0 Å². The lowest BCUT2D eigenvalue weighted by Crippen LogP contribution is -2.28. The molecule has 0 saturated carbocycles. The second kappa shape index (κ2) is 5.61. The predicted molar refractivity (Wildman–Crippen MR) is 69.6 cm³/mol. The highest BCUT2D eigenvalue weighted by Crippen LogP contribution is 2.20. The minimum absolute atomic E-state index is 0.229. The van der Waals surface area contributed by atoms with Crippen LogP contribution in [0.4, 0.5) is 0 Å². The summed E-state index contributed by atoms with van der Waals surface area (Å²) < 4.78 is 28.2. The van der Waals surface area contributed by atoms with Crippen LogP contribution in [-0.4, -0.2) is 24.7 Å². The average molecular weight is 286 g/mol. The van der Waals surface area contributed by atoms with Crippen molar-refractivity contribution in [3.63, 3.8) is 0 Å². The first-order chi connectivity index (χ1) is 8.63. The summed E-state index contributed by atoms with van der Waals surface area (Å²) in [4.78, 5) is 0.942. The first-order valence-electron chi connectivity index (χ1n) is 5.37. The van der Waals surface area contributed by atoms with Gasteiger partial charge in [-0.3, -0.25) is 4.68 Å². The molecule has 0 fully saturated rings. The number of aromatic nitrogens is 2. The van der Waals surface area contributed by atoms with Crippen LogP contribution in [0.2, 0.25) is 0 Å². The van der Waals surface area contributed by atoms with Gasteiger partial charge in [-0.2, -0.15) is 5.10 Å². The molecule has 8 heteroatoms. The second-order valence-electron chi connectivity index (χ2n) is 3.58. The van der Waals surface area contributed by atoms with Crippen molar-refractivity contribution in [3.8, 4) is 0 Å². The van der Waals surface area contributed by atoms with E-state index >= 15 is 0 Å². The van der Waals surface area contributed by atoms with E-state index in [0.29, 0.717) is 18.0 Å². The van der Waals surface area contributed by atoms with Crippen LogP contribution in [0.15, 0.2) is 34.8 Å². The van der Waals surface area contributed by atoms with Crippen LogP contribution >= 0.6 is 11.3 Å². The Morgan fingerprint density at radius 1 is 1.50 bits per heavy atom. The fourth-order valence-electron chi connectivity index (χ4n) is 1.52. The molecule has 98 valence electrons. The van der Waals surface area contributed by atoms with Gasteiger partial charge in [0.05, 0.1) is 11.4 Å². The molecule has 2 heterocycles. The minimum Gasteiger partial charge on any atom is -0.326 e. The summed E-state index contributed by atoms with van der Waals surface area (Å²) in [5.41, 5.74) is 5.50.